The minimum Gasteiger partial charge on any atom is -0.497 e. The van der Waals surface area contributed by atoms with Gasteiger partial charge >= 0.3 is 5.91 Å². The third-order valence-corrected chi connectivity index (χ3v) is 5.58. The number of benzene rings is 2. The van der Waals surface area contributed by atoms with Crippen molar-refractivity contribution in [2.24, 2.45) is 4.99 Å². The molecule has 8 heteroatoms. The van der Waals surface area contributed by atoms with E-state index in [1.54, 1.807) is 13.2 Å². The Hall–Kier alpha value is -3.23. The first-order valence-electron chi connectivity index (χ1n) is 9.56. The lowest BCUT2D eigenvalue weighted by Crippen LogP contribution is -2.19. The first kappa shape index (κ1) is 20.1. The second kappa shape index (κ2) is 9.06. The number of aromatic nitrogens is 2. The number of carbonyl (C=O) groups excluding carboxylic acids is 1. The van der Waals surface area contributed by atoms with Crippen LogP contribution in [0.1, 0.15) is 17.4 Å². The van der Waals surface area contributed by atoms with Crippen LogP contribution in [0.15, 0.2) is 64.1 Å². The number of methoxy groups -OCH3 is 1. The van der Waals surface area contributed by atoms with Crippen LogP contribution in [0, 0.1) is 0 Å². The van der Waals surface area contributed by atoms with Crippen LogP contribution < -0.4 is 9.54 Å². The largest absolute Gasteiger partial charge is 0.497 e. The van der Waals surface area contributed by atoms with Crippen LogP contribution in [-0.2, 0) is 11.3 Å². The lowest BCUT2D eigenvalue weighted by Gasteiger charge is -2.06. The minimum atomic E-state index is -0.454. The van der Waals surface area contributed by atoms with Crippen molar-refractivity contribution in [3.63, 3.8) is 0 Å². The van der Waals surface area contributed by atoms with Crippen LogP contribution in [0.2, 0.25) is 0 Å². The van der Waals surface area contributed by atoms with Gasteiger partial charge in [-0.15, -0.1) is 0 Å². The number of amides is 1. The molecule has 1 amide bonds. The molecule has 0 saturated carbocycles. The van der Waals surface area contributed by atoms with Crippen molar-refractivity contribution in [3.8, 4) is 17.1 Å². The minimum absolute atomic E-state index is 0.167. The van der Waals surface area contributed by atoms with Gasteiger partial charge in [-0.1, -0.05) is 46.8 Å². The van der Waals surface area contributed by atoms with Gasteiger partial charge in [-0.3, -0.25) is 4.79 Å². The Bertz CT molecular complexity index is 1220. The molecular formula is C22H21N3O4S. The number of fused-ring (bicyclic) bond motifs is 1. The Morgan fingerprint density at radius 3 is 2.80 bits per heavy atom. The third-order valence-electron chi connectivity index (χ3n) is 4.54. The highest BCUT2D eigenvalue weighted by Crippen LogP contribution is 2.24. The summed E-state index contributed by atoms with van der Waals surface area (Å²) in [5.74, 6) is 0.826. The molecule has 0 aliphatic carbocycles. The molecular weight excluding hydrogens is 402 g/mol. The smallest absolute Gasteiger partial charge is 0.301 e. The molecule has 30 heavy (non-hydrogen) atoms. The zero-order valence-corrected chi connectivity index (χ0v) is 17.5. The quantitative estimate of drug-likeness (QED) is 0.417. The molecule has 154 valence electrons. The molecule has 2 aromatic carbocycles. The number of thiazole rings is 1. The Morgan fingerprint density at radius 2 is 2.03 bits per heavy atom. The van der Waals surface area contributed by atoms with E-state index in [1.807, 2.05) is 60.0 Å². The highest BCUT2D eigenvalue weighted by Gasteiger charge is 2.15. The summed E-state index contributed by atoms with van der Waals surface area (Å²) in [6.07, 6.45) is 0. The van der Waals surface area contributed by atoms with Gasteiger partial charge in [0.25, 0.3) is 0 Å². The van der Waals surface area contributed by atoms with Crippen molar-refractivity contribution >= 4 is 27.5 Å². The van der Waals surface area contributed by atoms with E-state index in [9.17, 15) is 4.79 Å². The van der Waals surface area contributed by atoms with Gasteiger partial charge in [0.05, 0.1) is 23.9 Å². The van der Waals surface area contributed by atoms with E-state index in [1.165, 1.54) is 11.3 Å². The lowest BCUT2D eigenvalue weighted by molar-refractivity contribution is 0.0988. The zero-order valence-electron chi connectivity index (χ0n) is 16.7. The maximum Gasteiger partial charge on any atom is 0.301 e. The fraction of sp³-hybridized carbons (Fsp3) is 0.227. The first-order chi connectivity index (χ1) is 14.7. The standard InChI is InChI=1S/C22H21N3O4S/c1-3-28-12-11-25-18-10-9-16(27-2)13-20(18)30-22(25)23-21(26)17-14-19(29-24-17)15-7-5-4-6-8-15/h4-10,13-14H,3,11-12H2,1-2H3. The SMILES string of the molecule is CCOCCn1c(=NC(=O)c2cc(-c3ccccc3)on2)sc2cc(OC)ccc21. The van der Waals surface area contributed by atoms with E-state index in [0.29, 0.717) is 30.3 Å². The van der Waals surface area contributed by atoms with Crippen molar-refractivity contribution in [1.82, 2.24) is 9.72 Å². The summed E-state index contributed by atoms with van der Waals surface area (Å²) in [4.78, 5) is 17.7. The summed E-state index contributed by atoms with van der Waals surface area (Å²) in [6, 6.07) is 16.9. The Kier molecular flexibility index (Phi) is 6.06. The highest BCUT2D eigenvalue weighted by molar-refractivity contribution is 7.16. The Balaban J connectivity index is 1.71. The number of rotatable bonds is 7. The van der Waals surface area contributed by atoms with Gasteiger partial charge in [0, 0.05) is 24.8 Å². The van der Waals surface area contributed by atoms with Crippen LogP contribution in [-0.4, -0.2) is 36.0 Å². The maximum atomic E-state index is 12.8. The molecule has 0 atom stereocenters. The second-order valence-electron chi connectivity index (χ2n) is 6.43. The average molecular weight is 423 g/mol. The van der Waals surface area contributed by atoms with Gasteiger partial charge in [0.15, 0.2) is 16.3 Å². The Morgan fingerprint density at radius 1 is 1.20 bits per heavy atom. The van der Waals surface area contributed by atoms with Crippen molar-refractivity contribution in [2.75, 3.05) is 20.3 Å². The highest BCUT2D eigenvalue weighted by atomic mass is 32.1. The summed E-state index contributed by atoms with van der Waals surface area (Å²) < 4.78 is 19.1. The van der Waals surface area contributed by atoms with Gasteiger partial charge in [0.1, 0.15) is 5.75 Å². The fourth-order valence-corrected chi connectivity index (χ4v) is 4.12. The third kappa shape index (κ3) is 4.19. The summed E-state index contributed by atoms with van der Waals surface area (Å²) in [5, 5.41) is 3.91. The number of ether oxygens (including phenoxy) is 2. The molecule has 0 saturated heterocycles. The van der Waals surface area contributed by atoms with Crippen LogP contribution in [0.4, 0.5) is 0 Å². The Labute approximate surface area is 177 Å². The summed E-state index contributed by atoms with van der Waals surface area (Å²) in [5.41, 5.74) is 1.99. The monoisotopic (exact) mass is 423 g/mol. The van der Waals surface area contributed by atoms with Crippen LogP contribution >= 0.6 is 11.3 Å². The van der Waals surface area contributed by atoms with E-state index < -0.39 is 5.91 Å². The number of carbonyl (C=O) groups is 1. The van der Waals surface area contributed by atoms with E-state index in [-0.39, 0.29) is 5.69 Å². The second-order valence-corrected chi connectivity index (χ2v) is 7.44. The summed E-state index contributed by atoms with van der Waals surface area (Å²) in [7, 11) is 1.63. The molecule has 0 unspecified atom stereocenters. The van der Waals surface area contributed by atoms with Gasteiger partial charge in [0.2, 0.25) is 0 Å². The normalized spacial score (nSPS) is 11.9. The van der Waals surface area contributed by atoms with E-state index in [4.69, 9.17) is 14.0 Å². The predicted octanol–water partition coefficient (Wildman–Crippen LogP) is 4.14. The molecule has 2 aromatic heterocycles. The number of hydrogen-bond donors (Lipinski definition) is 0. The van der Waals surface area contributed by atoms with Gasteiger partial charge < -0.3 is 18.6 Å². The van der Waals surface area contributed by atoms with Gasteiger partial charge in [-0.05, 0) is 25.1 Å². The lowest BCUT2D eigenvalue weighted by atomic mass is 10.1. The van der Waals surface area contributed by atoms with Crippen molar-refractivity contribution in [3.05, 3.63) is 65.1 Å². The number of hydrogen-bond acceptors (Lipinski definition) is 6. The molecule has 4 aromatic rings. The summed E-state index contributed by atoms with van der Waals surface area (Å²) >= 11 is 1.42. The number of nitrogens with zero attached hydrogens (tertiary/aromatic N) is 3. The molecule has 2 heterocycles. The van der Waals surface area contributed by atoms with E-state index in [2.05, 4.69) is 10.1 Å². The van der Waals surface area contributed by atoms with Crippen LogP contribution in [0.3, 0.4) is 0 Å². The predicted molar refractivity (Wildman–Crippen MR) is 115 cm³/mol. The van der Waals surface area contributed by atoms with E-state index in [0.717, 1.165) is 21.5 Å². The molecule has 4 rings (SSSR count). The van der Waals surface area contributed by atoms with E-state index >= 15 is 0 Å². The topological polar surface area (TPSA) is 78.9 Å². The first-order valence-corrected chi connectivity index (χ1v) is 10.4. The van der Waals surface area contributed by atoms with Crippen molar-refractivity contribution in [2.45, 2.75) is 13.5 Å². The van der Waals surface area contributed by atoms with Crippen LogP contribution in [0.25, 0.3) is 21.5 Å². The van der Waals surface area contributed by atoms with Gasteiger partial charge in [-0.25, -0.2) is 0 Å². The molecule has 0 spiro atoms. The molecule has 0 fully saturated rings. The van der Waals surface area contributed by atoms with Gasteiger partial charge in [-0.2, -0.15) is 4.99 Å². The fourth-order valence-electron chi connectivity index (χ4n) is 3.04. The van der Waals surface area contributed by atoms with Crippen molar-refractivity contribution < 1.29 is 18.8 Å². The molecule has 7 nitrogen and oxygen atoms in total. The average Bonchev–Trinajstić information content (AvgIpc) is 3.39. The zero-order chi connectivity index (χ0) is 20.9. The van der Waals surface area contributed by atoms with Crippen molar-refractivity contribution in [1.29, 1.82) is 0 Å². The maximum absolute atomic E-state index is 12.8. The molecule has 0 bridgehead atoms. The molecule has 0 radical (unpaired) electrons. The summed E-state index contributed by atoms with van der Waals surface area (Å²) in [6.45, 7) is 3.69. The molecule has 0 N–H and O–H groups in total. The molecule has 0 aliphatic rings. The molecule has 0 aliphatic heterocycles. The van der Waals surface area contributed by atoms with Crippen LogP contribution in [0.5, 0.6) is 5.75 Å².